The van der Waals surface area contributed by atoms with Gasteiger partial charge in [0.2, 0.25) is 0 Å². The number of halogens is 2. The van der Waals surface area contributed by atoms with E-state index in [9.17, 15) is 18.4 Å². The van der Waals surface area contributed by atoms with Crippen molar-refractivity contribution in [2.24, 2.45) is 11.7 Å². The lowest BCUT2D eigenvalue weighted by Crippen LogP contribution is -2.32. The smallest absolute Gasteiger partial charge is 0.329 e. The van der Waals surface area contributed by atoms with E-state index in [2.05, 4.69) is 4.98 Å². The van der Waals surface area contributed by atoms with Crippen molar-refractivity contribution in [1.82, 2.24) is 9.55 Å². The van der Waals surface area contributed by atoms with Crippen molar-refractivity contribution < 1.29 is 13.5 Å². The van der Waals surface area contributed by atoms with Gasteiger partial charge in [-0.25, -0.2) is 9.18 Å². The molecule has 2 atom stereocenters. The highest BCUT2D eigenvalue weighted by Crippen LogP contribution is 2.43. The Kier molecular flexibility index (Phi) is 3.98. The maximum atomic E-state index is 14.9. The summed E-state index contributed by atoms with van der Waals surface area (Å²) in [6, 6.07) is 0.636. The van der Waals surface area contributed by atoms with Gasteiger partial charge in [-0.3, -0.25) is 18.7 Å². The maximum Gasteiger partial charge on any atom is 0.329 e. The van der Waals surface area contributed by atoms with Crippen LogP contribution in [-0.4, -0.2) is 42.5 Å². The standard InChI is InChI=1S/C17H20F2N4O3/c1-26-15-13-10(16(24)21-17(25)23(13)9-2-3-9)4-11(19)14(15)22-6-8(5-18)12(20)7-22/h4,8-9,12H,2-3,5-7,20H2,1H3,(H,21,24,25)/t8-,12-/m0/s1. The highest BCUT2D eigenvalue weighted by Gasteiger charge is 2.36. The minimum atomic E-state index is -0.662. The molecule has 2 aliphatic rings. The van der Waals surface area contributed by atoms with Gasteiger partial charge < -0.3 is 15.4 Å². The van der Waals surface area contributed by atoms with Gasteiger partial charge in [-0.1, -0.05) is 0 Å². The number of nitrogens with zero attached hydrogens (tertiary/aromatic N) is 2. The molecule has 1 aliphatic heterocycles. The topological polar surface area (TPSA) is 93.3 Å². The van der Waals surface area contributed by atoms with Crippen molar-refractivity contribution in [3.05, 3.63) is 32.7 Å². The Hall–Kier alpha value is -2.42. The van der Waals surface area contributed by atoms with Crippen LogP contribution >= 0.6 is 0 Å². The van der Waals surface area contributed by atoms with Crippen LogP contribution in [0.1, 0.15) is 18.9 Å². The Balaban J connectivity index is 2.00. The molecular formula is C17H20F2N4O3. The first-order valence-corrected chi connectivity index (χ1v) is 8.57. The fraction of sp³-hybridized carbons (Fsp3) is 0.529. The van der Waals surface area contributed by atoms with Crippen LogP contribution in [-0.2, 0) is 0 Å². The van der Waals surface area contributed by atoms with Gasteiger partial charge in [0.25, 0.3) is 5.56 Å². The molecule has 1 saturated carbocycles. The number of fused-ring (bicyclic) bond motifs is 1. The van der Waals surface area contributed by atoms with Gasteiger partial charge in [-0.2, -0.15) is 0 Å². The Morgan fingerprint density at radius 1 is 1.35 bits per heavy atom. The minimum Gasteiger partial charge on any atom is -0.492 e. The average molecular weight is 366 g/mol. The van der Waals surface area contributed by atoms with E-state index in [1.165, 1.54) is 11.7 Å². The monoisotopic (exact) mass is 366 g/mol. The molecule has 1 aromatic heterocycles. The van der Waals surface area contributed by atoms with E-state index in [1.807, 2.05) is 0 Å². The van der Waals surface area contributed by atoms with Crippen LogP contribution in [0.15, 0.2) is 15.7 Å². The number of nitrogens with two attached hydrogens (primary N) is 1. The summed E-state index contributed by atoms with van der Waals surface area (Å²) < 4.78 is 35.0. The number of alkyl halides is 1. The Labute approximate surface area is 147 Å². The van der Waals surface area contributed by atoms with Crippen molar-refractivity contribution in [3.63, 3.8) is 0 Å². The zero-order chi connectivity index (χ0) is 18.6. The molecule has 26 heavy (non-hydrogen) atoms. The third kappa shape index (κ3) is 2.49. The van der Waals surface area contributed by atoms with E-state index >= 15 is 0 Å². The second-order valence-electron chi connectivity index (χ2n) is 6.98. The number of H-pyrrole nitrogens is 1. The number of benzene rings is 1. The number of methoxy groups -OCH3 is 1. The zero-order valence-electron chi connectivity index (χ0n) is 14.3. The third-order valence-corrected chi connectivity index (χ3v) is 5.23. The number of nitrogens with one attached hydrogen (secondary N) is 1. The maximum absolute atomic E-state index is 14.9. The van der Waals surface area contributed by atoms with E-state index in [1.54, 1.807) is 4.90 Å². The van der Waals surface area contributed by atoms with Crippen molar-refractivity contribution >= 4 is 16.6 Å². The fourth-order valence-corrected chi connectivity index (χ4v) is 3.76. The molecule has 1 saturated heterocycles. The van der Waals surface area contributed by atoms with Crippen molar-refractivity contribution in [2.75, 3.05) is 31.8 Å². The first-order chi connectivity index (χ1) is 12.5. The van der Waals surface area contributed by atoms with Crippen LogP contribution in [0, 0.1) is 11.7 Å². The number of aromatic nitrogens is 2. The van der Waals surface area contributed by atoms with Crippen molar-refractivity contribution in [1.29, 1.82) is 0 Å². The summed E-state index contributed by atoms with van der Waals surface area (Å²) in [4.78, 5) is 28.4. The molecule has 9 heteroatoms. The molecule has 2 aromatic rings. The zero-order valence-corrected chi connectivity index (χ0v) is 14.3. The number of anilines is 1. The number of hydrogen-bond donors (Lipinski definition) is 2. The van der Waals surface area contributed by atoms with Crippen molar-refractivity contribution in [3.8, 4) is 5.75 Å². The molecule has 1 aromatic carbocycles. The second-order valence-corrected chi connectivity index (χ2v) is 6.98. The molecule has 0 bridgehead atoms. The Bertz CT molecular complexity index is 983. The molecule has 4 rings (SSSR count). The summed E-state index contributed by atoms with van der Waals surface area (Å²) in [7, 11) is 1.36. The lowest BCUT2D eigenvalue weighted by molar-refractivity contribution is 0.359. The molecule has 7 nitrogen and oxygen atoms in total. The van der Waals surface area contributed by atoms with E-state index in [0.29, 0.717) is 0 Å². The molecule has 3 N–H and O–H groups in total. The minimum absolute atomic E-state index is 0.0477. The number of hydrogen-bond acceptors (Lipinski definition) is 5. The second kappa shape index (κ2) is 6.08. The Morgan fingerprint density at radius 2 is 2.08 bits per heavy atom. The van der Waals surface area contributed by atoms with Gasteiger partial charge in [0.15, 0.2) is 11.6 Å². The number of aromatic amines is 1. The lowest BCUT2D eigenvalue weighted by atomic mass is 10.1. The quantitative estimate of drug-likeness (QED) is 0.839. The van der Waals surface area contributed by atoms with Gasteiger partial charge >= 0.3 is 5.69 Å². The largest absolute Gasteiger partial charge is 0.492 e. The van der Waals surface area contributed by atoms with Crippen molar-refractivity contribution in [2.45, 2.75) is 24.9 Å². The SMILES string of the molecule is COc1c(N2C[C@H](CF)[C@@H](N)C2)c(F)cc2c(=O)[nH]c(=O)n(C3CC3)c12. The highest BCUT2D eigenvalue weighted by molar-refractivity contribution is 5.91. The molecule has 0 spiro atoms. The molecule has 0 amide bonds. The van der Waals surface area contributed by atoms with Crippen LogP contribution in [0.25, 0.3) is 10.9 Å². The van der Waals surface area contributed by atoms with E-state index < -0.39 is 35.7 Å². The normalized spacial score (nSPS) is 23.0. The van der Waals surface area contributed by atoms with Crippen LogP contribution in [0.4, 0.5) is 14.5 Å². The van der Waals surface area contributed by atoms with Gasteiger partial charge in [0.1, 0.15) is 11.2 Å². The molecule has 2 heterocycles. The lowest BCUT2D eigenvalue weighted by Gasteiger charge is -2.24. The molecule has 1 aliphatic carbocycles. The van der Waals surface area contributed by atoms with Crippen LogP contribution in [0.3, 0.4) is 0 Å². The summed E-state index contributed by atoms with van der Waals surface area (Å²) in [5, 5.41) is 0.0557. The number of ether oxygens (including phenoxy) is 1. The summed E-state index contributed by atoms with van der Waals surface area (Å²) in [5.74, 6) is -0.950. The predicted molar refractivity (Wildman–Crippen MR) is 93.3 cm³/mol. The molecule has 0 unspecified atom stereocenters. The van der Waals surface area contributed by atoms with E-state index in [4.69, 9.17) is 10.5 Å². The van der Waals surface area contributed by atoms with E-state index in [-0.39, 0.29) is 41.5 Å². The summed E-state index contributed by atoms with van der Waals surface area (Å²) >= 11 is 0. The summed E-state index contributed by atoms with van der Waals surface area (Å²) in [6.45, 7) is -0.0842. The summed E-state index contributed by atoms with van der Waals surface area (Å²) in [6.07, 6.45) is 1.60. The van der Waals surface area contributed by atoms with Gasteiger partial charge in [0.05, 0.1) is 19.2 Å². The van der Waals surface area contributed by atoms with Crippen LogP contribution in [0.5, 0.6) is 5.75 Å². The first kappa shape index (κ1) is 17.0. The van der Waals surface area contributed by atoms with Crippen LogP contribution in [0.2, 0.25) is 0 Å². The van der Waals surface area contributed by atoms with Gasteiger partial charge in [0, 0.05) is 31.1 Å². The molecular weight excluding hydrogens is 346 g/mol. The Morgan fingerprint density at radius 3 is 2.65 bits per heavy atom. The van der Waals surface area contributed by atoms with Crippen LogP contribution < -0.4 is 26.6 Å². The van der Waals surface area contributed by atoms with E-state index in [0.717, 1.165) is 18.9 Å². The average Bonchev–Trinajstić information content (AvgIpc) is 3.36. The highest BCUT2D eigenvalue weighted by atomic mass is 19.1. The molecule has 0 radical (unpaired) electrons. The van der Waals surface area contributed by atoms with Gasteiger partial charge in [-0.15, -0.1) is 0 Å². The molecule has 140 valence electrons. The predicted octanol–water partition coefficient (Wildman–Crippen LogP) is 0.905. The fourth-order valence-electron chi connectivity index (χ4n) is 3.76. The summed E-state index contributed by atoms with van der Waals surface area (Å²) in [5.41, 5.74) is 5.14. The molecule has 2 fully saturated rings. The first-order valence-electron chi connectivity index (χ1n) is 8.57. The third-order valence-electron chi connectivity index (χ3n) is 5.23. The number of rotatable bonds is 4. The van der Waals surface area contributed by atoms with Gasteiger partial charge in [-0.05, 0) is 18.9 Å².